The van der Waals surface area contributed by atoms with Crippen molar-refractivity contribution in [3.63, 3.8) is 0 Å². The highest BCUT2D eigenvalue weighted by molar-refractivity contribution is 7.08. The van der Waals surface area contributed by atoms with Gasteiger partial charge in [0.1, 0.15) is 5.60 Å². The number of ether oxygens (including phenoxy) is 1. The van der Waals surface area contributed by atoms with Gasteiger partial charge in [0.15, 0.2) is 5.78 Å². The van der Waals surface area contributed by atoms with Crippen LogP contribution in [-0.2, 0) is 4.74 Å². The van der Waals surface area contributed by atoms with Crippen LogP contribution in [0.4, 0.5) is 0 Å². The monoisotopic (exact) mass is 212 g/mol. The van der Waals surface area contributed by atoms with Crippen molar-refractivity contribution in [2.24, 2.45) is 0 Å². The topological polar surface area (TPSA) is 26.3 Å². The molecule has 1 aromatic rings. The molecule has 0 aliphatic carbocycles. The van der Waals surface area contributed by atoms with Crippen LogP contribution >= 0.6 is 11.3 Å². The van der Waals surface area contributed by atoms with E-state index in [1.165, 1.54) is 11.3 Å². The molecule has 0 aliphatic heterocycles. The van der Waals surface area contributed by atoms with Crippen LogP contribution in [0.5, 0.6) is 0 Å². The first kappa shape index (κ1) is 11.4. The second-order valence-corrected chi connectivity index (χ2v) is 4.03. The maximum Gasteiger partial charge on any atom is 0.195 e. The Morgan fingerprint density at radius 1 is 1.50 bits per heavy atom. The SMILES string of the molecule is CCC(CC)(OC)C(=O)c1ccsc1. The van der Waals surface area contributed by atoms with E-state index in [9.17, 15) is 4.79 Å². The Kier molecular flexibility index (Phi) is 3.84. The molecule has 1 heterocycles. The summed E-state index contributed by atoms with van der Waals surface area (Å²) in [5, 5.41) is 3.79. The van der Waals surface area contributed by atoms with Gasteiger partial charge in [-0.2, -0.15) is 11.3 Å². The molecule has 2 nitrogen and oxygen atoms in total. The molecular weight excluding hydrogens is 196 g/mol. The largest absolute Gasteiger partial charge is 0.370 e. The zero-order valence-electron chi connectivity index (χ0n) is 8.87. The van der Waals surface area contributed by atoms with Gasteiger partial charge in [0.25, 0.3) is 0 Å². The predicted molar refractivity (Wildman–Crippen MR) is 59.0 cm³/mol. The summed E-state index contributed by atoms with van der Waals surface area (Å²) in [5.41, 5.74) is 0.140. The van der Waals surface area contributed by atoms with Crippen LogP contribution in [-0.4, -0.2) is 18.5 Å². The van der Waals surface area contributed by atoms with E-state index in [0.717, 1.165) is 5.56 Å². The summed E-state index contributed by atoms with van der Waals surface area (Å²) < 4.78 is 5.38. The molecule has 0 fully saturated rings. The van der Waals surface area contributed by atoms with Crippen LogP contribution in [0, 0.1) is 0 Å². The first-order chi connectivity index (χ1) is 6.70. The second-order valence-electron chi connectivity index (χ2n) is 3.25. The number of hydrogen-bond donors (Lipinski definition) is 0. The van der Waals surface area contributed by atoms with Crippen LogP contribution in [0.25, 0.3) is 0 Å². The maximum absolute atomic E-state index is 12.1. The maximum atomic E-state index is 12.1. The molecule has 0 aromatic carbocycles. The van der Waals surface area contributed by atoms with E-state index in [4.69, 9.17) is 4.74 Å². The van der Waals surface area contributed by atoms with E-state index in [2.05, 4.69) is 0 Å². The fraction of sp³-hybridized carbons (Fsp3) is 0.545. The number of Topliss-reactive ketones (excluding diaryl/α,β-unsaturated/α-hetero) is 1. The zero-order chi connectivity index (χ0) is 10.6. The number of thiophene rings is 1. The molecule has 14 heavy (non-hydrogen) atoms. The van der Waals surface area contributed by atoms with Crippen LogP contribution in [0.2, 0.25) is 0 Å². The first-order valence-corrected chi connectivity index (χ1v) is 5.76. The van der Waals surface area contributed by atoms with Gasteiger partial charge in [0, 0.05) is 18.1 Å². The molecule has 1 aromatic heterocycles. The summed E-state index contributed by atoms with van der Waals surface area (Å²) in [5.74, 6) is 0.103. The molecule has 3 heteroatoms. The van der Waals surface area contributed by atoms with Crippen molar-refractivity contribution in [3.8, 4) is 0 Å². The van der Waals surface area contributed by atoms with Gasteiger partial charge in [-0.1, -0.05) is 13.8 Å². The standard InChI is InChI=1S/C11H16O2S/c1-4-11(5-2,13-3)10(12)9-6-7-14-8-9/h6-8H,4-5H2,1-3H3. The molecule has 0 saturated heterocycles. The van der Waals surface area contributed by atoms with Crippen LogP contribution in [0.15, 0.2) is 16.8 Å². The van der Waals surface area contributed by atoms with E-state index >= 15 is 0 Å². The molecule has 0 atom stereocenters. The Bertz CT molecular complexity index is 278. The lowest BCUT2D eigenvalue weighted by Crippen LogP contribution is -2.39. The number of methoxy groups -OCH3 is 1. The van der Waals surface area contributed by atoms with Gasteiger partial charge in [0.05, 0.1) is 0 Å². The summed E-state index contributed by atoms with van der Waals surface area (Å²) >= 11 is 1.54. The predicted octanol–water partition coefficient (Wildman–Crippen LogP) is 3.14. The van der Waals surface area contributed by atoms with Gasteiger partial charge in [-0.3, -0.25) is 4.79 Å². The highest BCUT2D eigenvalue weighted by Gasteiger charge is 2.35. The fourth-order valence-corrected chi connectivity index (χ4v) is 2.25. The van der Waals surface area contributed by atoms with Gasteiger partial charge >= 0.3 is 0 Å². The Hall–Kier alpha value is -0.670. The Morgan fingerprint density at radius 3 is 2.50 bits per heavy atom. The molecule has 0 N–H and O–H groups in total. The van der Waals surface area contributed by atoms with Crippen molar-refractivity contribution >= 4 is 17.1 Å². The molecule has 0 aliphatic rings. The number of carbonyl (C=O) groups excluding carboxylic acids is 1. The molecule has 0 amide bonds. The zero-order valence-corrected chi connectivity index (χ0v) is 9.69. The summed E-state index contributed by atoms with van der Waals surface area (Å²) in [6.07, 6.45) is 1.43. The molecule has 1 rings (SSSR count). The molecule has 0 saturated carbocycles. The third-order valence-electron chi connectivity index (χ3n) is 2.73. The highest BCUT2D eigenvalue weighted by atomic mass is 32.1. The van der Waals surface area contributed by atoms with Gasteiger partial charge in [-0.05, 0) is 24.3 Å². The average molecular weight is 212 g/mol. The number of rotatable bonds is 5. The van der Waals surface area contributed by atoms with E-state index in [1.807, 2.05) is 30.7 Å². The number of ketones is 1. The Morgan fingerprint density at radius 2 is 2.14 bits per heavy atom. The molecule has 0 bridgehead atoms. The fourth-order valence-electron chi connectivity index (χ4n) is 1.61. The smallest absolute Gasteiger partial charge is 0.195 e. The highest BCUT2D eigenvalue weighted by Crippen LogP contribution is 2.25. The van der Waals surface area contributed by atoms with Crippen LogP contribution in [0.3, 0.4) is 0 Å². The first-order valence-electron chi connectivity index (χ1n) is 4.82. The number of carbonyl (C=O) groups is 1. The molecular formula is C11H16O2S. The summed E-state index contributed by atoms with van der Waals surface area (Å²) in [4.78, 5) is 12.1. The summed E-state index contributed by atoms with van der Waals surface area (Å²) in [6, 6.07) is 1.85. The molecule has 78 valence electrons. The summed E-state index contributed by atoms with van der Waals surface area (Å²) in [7, 11) is 1.61. The lowest BCUT2D eigenvalue weighted by Gasteiger charge is -2.27. The van der Waals surface area contributed by atoms with Gasteiger partial charge in [-0.25, -0.2) is 0 Å². The quantitative estimate of drug-likeness (QED) is 0.701. The van der Waals surface area contributed by atoms with E-state index < -0.39 is 5.60 Å². The minimum Gasteiger partial charge on any atom is -0.370 e. The lowest BCUT2D eigenvalue weighted by molar-refractivity contribution is -0.00257. The van der Waals surface area contributed by atoms with Crippen molar-refractivity contribution in [2.75, 3.05) is 7.11 Å². The molecule has 0 spiro atoms. The normalized spacial score (nSPS) is 11.6. The van der Waals surface area contributed by atoms with Crippen molar-refractivity contribution in [1.82, 2.24) is 0 Å². The second kappa shape index (κ2) is 4.71. The van der Waals surface area contributed by atoms with Crippen molar-refractivity contribution < 1.29 is 9.53 Å². The van der Waals surface area contributed by atoms with Crippen molar-refractivity contribution in [2.45, 2.75) is 32.3 Å². The number of hydrogen-bond acceptors (Lipinski definition) is 3. The average Bonchev–Trinajstić information content (AvgIpc) is 2.74. The third kappa shape index (κ3) is 1.88. The molecule has 0 unspecified atom stereocenters. The minimum absolute atomic E-state index is 0.103. The van der Waals surface area contributed by atoms with Crippen molar-refractivity contribution in [3.05, 3.63) is 22.4 Å². The van der Waals surface area contributed by atoms with E-state index in [-0.39, 0.29) is 5.78 Å². The van der Waals surface area contributed by atoms with Gasteiger partial charge in [0.2, 0.25) is 0 Å². The van der Waals surface area contributed by atoms with Crippen LogP contribution < -0.4 is 0 Å². The minimum atomic E-state index is -0.624. The Labute approximate surface area is 88.9 Å². The third-order valence-corrected chi connectivity index (χ3v) is 3.41. The van der Waals surface area contributed by atoms with E-state index in [0.29, 0.717) is 12.8 Å². The van der Waals surface area contributed by atoms with Crippen molar-refractivity contribution in [1.29, 1.82) is 0 Å². The van der Waals surface area contributed by atoms with Crippen LogP contribution in [0.1, 0.15) is 37.0 Å². The van der Waals surface area contributed by atoms with Gasteiger partial charge < -0.3 is 4.74 Å². The van der Waals surface area contributed by atoms with E-state index in [1.54, 1.807) is 7.11 Å². The summed E-state index contributed by atoms with van der Waals surface area (Å²) in [6.45, 7) is 3.97. The molecule has 0 radical (unpaired) electrons. The van der Waals surface area contributed by atoms with Gasteiger partial charge in [-0.15, -0.1) is 0 Å². The Balaban J connectivity index is 2.95. The lowest BCUT2D eigenvalue weighted by atomic mass is 9.89.